The molecule has 16 aromatic rings. The van der Waals surface area contributed by atoms with Crippen molar-refractivity contribution < 1.29 is 0 Å². The molecule has 0 saturated heterocycles. The Morgan fingerprint density at radius 2 is 0.462 bits per heavy atom. The molecule has 0 radical (unpaired) electrons. The fourth-order valence-electron chi connectivity index (χ4n) is 15.6. The number of benzene rings is 14. The monoisotopic (exact) mass is 1350 g/mol. The molecule has 0 atom stereocenters. The van der Waals surface area contributed by atoms with Gasteiger partial charge in [0, 0.05) is 88.7 Å². The SMILES string of the molecule is CC(C)(c1ccccc1)c1ccc(N(c2ccc(C(C)(C)c3ccccc3)cc2)c2ccc3c(c2)c(=O)c2cc4c(cc2n3-c2ccccc2)c(=O)c2ccc(N(c3ccc(C(C)(C)c5ccccc5)cc3)c3ccc(C(C)(C)c5ccc(-c6ccccc6)cc5)cc3)cc2n4-c2ccccc2)cc1. The maximum Gasteiger partial charge on any atom is 0.197 e. The third-order valence-electron chi connectivity index (χ3n) is 22.2. The highest BCUT2D eigenvalue weighted by atomic mass is 16.1. The molecule has 6 heteroatoms. The van der Waals surface area contributed by atoms with E-state index in [0.29, 0.717) is 38.1 Å². The number of nitrogens with zero attached hydrogens (tertiary/aromatic N) is 4. The summed E-state index contributed by atoms with van der Waals surface area (Å²) in [5.41, 5.74) is 20.5. The summed E-state index contributed by atoms with van der Waals surface area (Å²) < 4.78 is 4.33. The van der Waals surface area contributed by atoms with Crippen LogP contribution in [0.25, 0.3) is 66.1 Å². The van der Waals surface area contributed by atoms with Crippen molar-refractivity contribution in [3.63, 3.8) is 0 Å². The maximum absolute atomic E-state index is 16.3. The summed E-state index contributed by atoms with van der Waals surface area (Å²) in [4.78, 5) is 36.7. The van der Waals surface area contributed by atoms with Crippen LogP contribution in [0.15, 0.2) is 361 Å². The Balaban J connectivity index is 0.874. The average Bonchev–Trinajstić information content (AvgIpc) is 0.713. The summed E-state index contributed by atoms with van der Waals surface area (Å²) in [6.07, 6.45) is 0. The van der Waals surface area contributed by atoms with Gasteiger partial charge in [0.05, 0.1) is 22.1 Å². The van der Waals surface area contributed by atoms with E-state index in [2.05, 4.69) is 372 Å². The van der Waals surface area contributed by atoms with Crippen molar-refractivity contribution in [2.24, 2.45) is 0 Å². The third-order valence-corrected chi connectivity index (χ3v) is 22.2. The van der Waals surface area contributed by atoms with E-state index in [-0.39, 0.29) is 32.5 Å². The highest BCUT2D eigenvalue weighted by Crippen LogP contribution is 2.45. The highest BCUT2D eigenvalue weighted by Gasteiger charge is 2.30. The van der Waals surface area contributed by atoms with Gasteiger partial charge in [-0.25, -0.2) is 0 Å². The summed E-state index contributed by atoms with van der Waals surface area (Å²) in [5.74, 6) is 0. The van der Waals surface area contributed by atoms with E-state index >= 15 is 9.59 Å². The first-order valence-corrected chi connectivity index (χ1v) is 36.0. The molecule has 2 heterocycles. The van der Waals surface area contributed by atoms with Crippen molar-refractivity contribution in [1.82, 2.24) is 9.13 Å². The van der Waals surface area contributed by atoms with Crippen LogP contribution in [-0.2, 0) is 21.7 Å². The van der Waals surface area contributed by atoms with Gasteiger partial charge in [0.2, 0.25) is 0 Å². The molecule has 0 unspecified atom stereocenters. The lowest BCUT2D eigenvalue weighted by molar-refractivity contribution is 0.640. The van der Waals surface area contributed by atoms with Gasteiger partial charge >= 0.3 is 0 Å². The van der Waals surface area contributed by atoms with Crippen LogP contribution in [0.3, 0.4) is 0 Å². The van der Waals surface area contributed by atoms with Gasteiger partial charge in [0.1, 0.15) is 0 Å². The minimum absolute atomic E-state index is 0.132. The zero-order chi connectivity index (χ0) is 71.5. The summed E-state index contributed by atoms with van der Waals surface area (Å²) in [7, 11) is 0. The zero-order valence-electron chi connectivity index (χ0n) is 60.1. The standard InChI is InChI=1S/C98H82N4O2/c1-95(2,69-29-17-10-18-30-69)73-43-51-79(52-44-73)99(80-53-45-74(46-54-80)96(3,4)70-31-19-11-20-32-70)83-60-62-89-86(63-83)94(104)88-66-92-87(65-91(88)101(89)77-35-23-13-24-36-77)93(103)85-61-59-84(64-90(85)102(92)78-37-25-14-26-38-78)100(81-55-47-75(48-56-81)97(5,6)71-33-21-12-22-34-71)82-57-49-76(50-58-82)98(7,8)72-41-39-68(40-42-72)67-27-15-9-16-28-67/h9-66H,1-8H3. The van der Waals surface area contributed by atoms with Gasteiger partial charge < -0.3 is 18.9 Å². The van der Waals surface area contributed by atoms with Gasteiger partial charge in [-0.15, -0.1) is 0 Å². The van der Waals surface area contributed by atoms with Crippen molar-refractivity contribution in [2.75, 3.05) is 9.80 Å². The third kappa shape index (κ3) is 11.9. The molecule has 0 bridgehead atoms. The lowest BCUT2D eigenvalue weighted by atomic mass is 9.77. The normalized spacial score (nSPS) is 12.1. The van der Waals surface area contributed by atoms with E-state index in [9.17, 15) is 0 Å². The lowest BCUT2D eigenvalue weighted by Gasteiger charge is -2.30. The number of pyridine rings is 2. The number of fused-ring (bicyclic) bond motifs is 4. The van der Waals surface area contributed by atoms with Gasteiger partial charge in [0.25, 0.3) is 0 Å². The molecule has 0 spiro atoms. The summed E-state index contributed by atoms with van der Waals surface area (Å²) in [6, 6.07) is 124. The smallest absolute Gasteiger partial charge is 0.197 e. The quantitative estimate of drug-likeness (QED) is 0.0853. The van der Waals surface area contributed by atoms with Crippen molar-refractivity contribution in [1.29, 1.82) is 0 Å². The van der Waals surface area contributed by atoms with E-state index in [1.807, 2.05) is 54.6 Å². The van der Waals surface area contributed by atoms with Crippen molar-refractivity contribution in [2.45, 2.75) is 77.0 Å². The first-order chi connectivity index (χ1) is 50.4. The summed E-state index contributed by atoms with van der Waals surface area (Å²) in [5, 5.41) is 2.05. The summed E-state index contributed by atoms with van der Waals surface area (Å²) >= 11 is 0. The first kappa shape index (κ1) is 66.2. The largest absolute Gasteiger partial charge is 0.310 e. The van der Waals surface area contributed by atoms with E-state index in [1.54, 1.807) is 0 Å². The van der Waals surface area contributed by atoms with Crippen molar-refractivity contribution in [3.05, 3.63) is 417 Å². The molecule has 0 N–H and O–H groups in total. The number of hydrogen-bond acceptors (Lipinski definition) is 4. The molecule has 104 heavy (non-hydrogen) atoms. The van der Waals surface area contributed by atoms with Crippen LogP contribution >= 0.6 is 0 Å². The van der Waals surface area contributed by atoms with E-state index in [4.69, 9.17) is 0 Å². The number of anilines is 6. The summed E-state index contributed by atoms with van der Waals surface area (Å²) in [6.45, 7) is 18.2. The van der Waals surface area contributed by atoms with Crippen LogP contribution in [0.4, 0.5) is 34.1 Å². The van der Waals surface area contributed by atoms with Gasteiger partial charge in [-0.1, -0.05) is 286 Å². The first-order valence-electron chi connectivity index (χ1n) is 36.0. The molecule has 506 valence electrons. The van der Waals surface area contributed by atoms with E-state index in [1.165, 1.54) is 55.6 Å². The fraction of sp³-hybridized carbons (Fsp3) is 0.122. The molecular formula is C98H82N4O2. The molecule has 0 aliphatic carbocycles. The minimum atomic E-state index is -0.315. The molecular weight excluding hydrogens is 1270 g/mol. The van der Waals surface area contributed by atoms with Crippen LogP contribution in [-0.4, -0.2) is 9.13 Å². The van der Waals surface area contributed by atoms with Crippen molar-refractivity contribution in [3.8, 4) is 22.5 Å². The van der Waals surface area contributed by atoms with Gasteiger partial charge in [-0.3, -0.25) is 9.59 Å². The van der Waals surface area contributed by atoms with E-state index < -0.39 is 0 Å². The predicted molar refractivity (Wildman–Crippen MR) is 437 cm³/mol. The predicted octanol–water partition coefficient (Wildman–Crippen LogP) is 24.5. The van der Waals surface area contributed by atoms with Crippen LogP contribution in [0.2, 0.25) is 0 Å². The van der Waals surface area contributed by atoms with Gasteiger partial charge in [-0.05, 0) is 177 Å². The Bertz CT molecular complexity index is 5840. The second-order valence-electron chi connectivity index (χ2n) is 29.7. The number of rotatable bonds is 17. The molecule has 14 aromatic carbocycles. The Labute approximate surface area is 609 Å². The maximum atomic E-state index is 16.3. The van der Waals surface area contributed by atoms with Crippen LogP contribution in [0.5, 0.6) is 0 Å². The Kier molecular flexibility index (Phi) is 16.9. The number of aromatic nitrogens is 2. The Morgan fingerprint density at radius 1 is 0.212 bits per heavy atom. The molecule has 0 amide bonds. The Morgan fingerprint density at radius 3 is 0.827 bits per heavy atom. The molecule has 6 nitrogen and oxygen atoms in total. The second-order valence-corrected chi connectivity index (χ2v) is 29.7. The fourth-order valence-corrected chi connectivity index (χ4v) is 15.6. The van der Waals surface area contributed by atoms with Crippen LogP contribution in [0.1, 0.15) is 99.9 Å². The van der Waals surface area contributed by atoms with Crippen molar-refractivity contribution >= 4 is 77.7 Å². The Hall–Kier alpha value is -12.4. The minimum Gasteiger partial charge on any atom is -0.310 e. The highest BCUT2D eigenvalue weighted by molar-refractivity contribution is 6.06. The second kappa shape index (κ2) is 26.5. The molecule has 16 rings (SSSR count). The topological polar surface area (TPSA) is 50.5 Å². The zero-order valence-corrected chi connectivity index (χ0v) is 60.1. The van der Waals surface area contributed by atoms with Crippen LogP contribution in [0, 0.1) is 0 Å². The molecule has 0 fully saturated rings. The molecule has 0 aliphatic heterocycles. The van der Waals surface area contributed by atoms with Crippen LogP contribution < -0.4 is 20.7 Å². The van der Waals surface area contributed by atoms with Gasteiger partial charge in [-0.2, -0.15) is 0 Å². The molecule has 0 aliphatic rings. The number of para-hydroxylation sites is 2. The average molecular weight is 1350 g/mol. The number of hydrogen-bond donors (Lipinski definition) is 0. The van der Waals surface area contributed by atoms with Gasteiger partial charge in [0.15, 0.2) is 10.9 Å². The molecule has 2 aromatic heterocycles. The lowest BCUT2D eigenvalue weighted by Crippen LogP contribution is -2.20. The van der Waals surface area contributed by atoms with E-state index in [0.717, 1.165) is 51.0 Å². The molecule has 0 saturated carbocycles.